The SMILES string of the molecule is CN(C)C[C@H](CCOc1ccccc1)c1ccccc1. The largest absolute Gasteiger partial charge is 0.494 e. The summed E-state index contributed by atoms with van der Waals surface area (Å²) < 4.78 is 5.82. The van der Waals surface area contributed by atoms with Gasteiger partial charge < -0.3 is 9.64 Å². The number of benzene rings is 2. The van der Waals surface area contributed by atoms with Gasteiger partial charge in [-0.15, -0.1) is 0 Å². The van der Waals surface area contributed by atoms with Crippen molar-refractivity contribution in [3.63, 3.8) is 0 Å². The van der Waals surface area contributed by atoms with Crippen LogP contribution in [0.5, 0.6) is 5.75 Å². The van der Waals surface area contributed by atoms with Crippen LogP contribution in [0.2, 0.25) is 0 Å². The molecule has 2 aromatic rings. The van der Waals surface area contributed by atoms with Gasteiger partial charge in [0.05, 0.1) is 6.61 Å². The van der Waals surface area contributed by atoms with E-state index in [0.717, 1.165) is 25.3 Å². The Morgan fingerprint density at radius 1 is 0.900 bits per heavy atom. The van der Waals surface area contributed by atoms with Gasteiger partial charge in [-0.05, 0) is 44.1 Å². The van der Waals surface area contributed by atoms with Crippen LogP contribution in [0.4, 0.5) is 0 Å². The fourth-order valence-electron chi connectivity index (χ4n) is 2.37. The standard InChI is InChI=1S/C18H23NO/c1-19(2)15-17(16-9-5-3-6-10-16)13-14-20-18-11-7-4-8-12-18/h3-12,17H,13-15H2,1-2H3/t17-/m0/s1. The minimum absolute atomic E-state index is 0.509. The van der Waals surface area contributed by atoms with Crippen molar-refractivity contribution < 1.29 is 4.74 Å². The molecule has 0 aliphatic heterocycles. The monoisotopic (exact) mass is 269 g/mol. The van der Waals surface area contributed by atoms with Crippen molar-refractivity contribution in [1.29, 1.82) is 0 Å². The second-order valence-corrected chi connectivity index (χ2v) is 5.32. The third-order valence-electron chi connectivity index (χ3n) is 3.33. The maximum atomic E-state index is 5.82. The summed E-state index contributed by atoms with van der Waals surface area (Å²) in [6.45, 7) is 1.79. The highest BCUT2D eigenvalue weighted by atomic mass is 16.5. The van der Waals surface area contributed by atoms with Crippen LogP contribution in [0.3, 0.4) is 0 Å². The molecule has 0 fully saturated rings. The van der Waals surface area contributed by atoms with Crippen LogP contribution in [0.15, 0.2) is 60.7 Å². The summed E-state index contributed by atoms with van der Waals surface area (Å²) in [7, 11) is 4.24. The highest BCUT2D eigenvalue weighted by Crippen LogP contribution is 2.21. The quantitative estimate of drug-likeness (QED) is 0.758. The average Bonchev–Trinajstić information content (AvgIpc) is 2.48. The van der Waals surface area contributed by atoms with Crippen LogP contribution in [0.1, 0.15) is 17.9 Å². The van der Waals surface area contributed by atoms with Gasteiger partial charge in [-0.1, -0.05) is 48.5 Å². The molecule has 0 heterocycles. The number of nitrogens with zero attached hydrogens (tertiary/aromatic N) is 1. The third kappa shape index (κ3) is 4.71. The van der Waals surface area contributed by atoms with Crippen LogP contribution in [-0.4, -0.2) is 32.1 Å². The Morgan fingerprint density at radius 2 is 1.50 bits per heavy atom. The molecule has 0 aliphatic carbocycles. The van der Waals surface area contributed by atoms with E-state index in [-0.39, 0.29) is 0 Å². The first-order valence-electron chi connectivity index (χ1n) is 7.13. The van der Waals surface area contributed by atoms with Gasteiger partial charge in [-0.3, -0.25) is 0 Å². The fourth-order valence-corrected chi connectivity index (χ4v) is 2.37. The zero-order chi connectivity index (χ0) is 14.2. The Labute approximate surface area is 122 Å². The molecule has 2 heteroatoms. The summed E-state index contributed by atoms with van der Waals surface area (Å²) >= 11 is 0. The molecule has 0 amide bonds. The van der Waals surface area contributed by atoms with E-state index in [9.17, 15) is 0 Å². The van der Waals surface area contributed by atoms with Crippen molar-refractivity contribution in [3.05, 3.63) is 66.2 Å². The molecular weight excluding hydrogens is 246 g/mol. The van der Waals surface area contributed by atoms with Gasteiger partial charge in [0, 0.05) is 6.54 Å². The Kier molecular flexibility index (Phi) is 5.63. The first kappa shape index (κ1) is 14.6. The topological polar surface area (TPSA) is 12.5 Å². The molecule has 0 radical (unpaired) electrons. The van der Waals surface area contributed by atoms with Crippen LogP contribution >= 0.6 is 0 Å². The average molecular weight is 269 g/mol. The van der Waals surface area contributed by atoms with Crippen molar-refractivity contribution >= 4 is 0 Å². The lowest BCUT2D eigenvalue weighted by Gasteiger charge is -2.21. The molecule has 1 atom stereocenters. The van der Waals surface area contributed by atoms with E-state index >= 15 is 0 Å². The van der Waals surface area contributed by atoms with E-state index in [0.29, 0.717) is 5.92 Å². The molecule has 20 heavy (non-hydrogen) atoms. The first-order chi connectivity index (χ1) is 9.75. The molecule has 106 valence electrons. The molecular formula is C18H23NO. The predicted octanol–water partition coefficient (Wildman–Crippen LogP) is 3.80. The highest BCUT2D eigenvalue weighted by Gasteiger charge is 2.12. The lowest BCUT2D eigenvalue weighted by atomic mass is 9.96. The van der Waals surface area contributed by atoms with Crippen molar-refractivity contribution in [2.24, 2.45) is 0 Å². The van der Waals surface area contributed by atoms with Crippen molar-refractivity contribution in [3.8, 4) is 5.75 Å². The molecule has 0 bridgehead atoms. The van der Waals surface area contributed by atoms with Crippen LogP contribution < -0.4 is 4.74 Å². The Morgan fingerprint density at radius 3 is 2.10 bits per heavy atom. The number of hydrogen-bond acceptors (Lipinski definition) is 2. The van der Waals surface area contributed by atoms with E-state index in [2.05, 4.69) is 49.3 Å². The number of rotatable bonds is 7. The summed E-state index contributed by atoms with van der Waals surface area (Å²) in [6.07, 6.45) is 1.02. The molecule has 0 aliphatic rings. The highest BCUT2D eigenvalue weighted by molar-refractivity contribution is 5.22. The Balaban J connectivity index is 1.91. The number of para-hydroxylation sites is 1. The zero-order valence-corrected chi connectivity index (χ0v) is 12.3. The summed E-state index contributed by atoms with van der Waals surface area (Å²) in [5.74, 6) is 1.46. The van der Waals surface area contributed by atoms with Crippen molar-refractivity contribution in [2.45, 2.75) is 12.3 Å². The molecule has 0 unspecified atom stereocenters. The molecule has 0 saturated heterocycles. The van der Waals surface area contributed by atoms with Gasteiger partial charge in [0.1, 0.15) is 5.75 Å². The molecule has 0 saturated carbocycles. The lowest BCUT2D eigenvalue weighted by molar-refractivity contribution is 0.276. The molecule has 0 spiro atoms. The maximum Gasteiger partial charge on any atom is 0.119 e. The van der Waals surface area contributed by atoms with E-state index in [1.54, 1.807) is 0 Å². The van der Waals surface area contributed by atoms with Crippen LogP contribution in [0, 0.1) is 0 Å². The van der Waals surface area contributed by atoms with E-state index in [1.807, 2.05) is 30.3 Å². The minimum Gasteiger partial charge on any atom is -0.494 e. The van der Waals surface area contributed by atoms with Gasteiger partial charge in [0.2, 0.25) is 0 Å². The molecule has 0 N–H and O–H groups in total. The predicted molar refractivity (Wildman–Crippen MR) is 84.3 cm³/mol. The molecule has 0 aromatic heterocycles. The smallest absolute Gasteiger partial charge is 0.119 e. The van der Waals surface area contributed by atoms with Gasteiger partial charge >= 0.3 is 0 Å². The normalized spacial score (nSPS) is 12.3. The summed E-state index contributed by atoms with van der Waals surface area (Å²) in [6, 6.07) is 20.7. The van der Waals surface area contributed by atoms with Gasteiger partial charge in [-0.25, -0.2) is 0 Å². The summed E-state index contributed by atoms with van der Waals surface area (Å²) in [5, 5.41) is 0. The van der Waals surface area contributed by atoms with Crippen molar-refractivity contribution in [2.75, 3.05) is 27.2 Å². The van der Waals surface area contributed by atoms with Crippen LogP contribution in [0.25, 0.3) is 0 Å². The van der Waals surface area contributed by atoms with Gasteiger partial charge in [0.15, 0.2) is 0 Å². The second-order valence-electron chi connectivity index (χ2n) is 5.32. The van der Waals surface area contributed by atoms with E-state index in [1.165, 1.54) is 5.56 Å². The lowest BCUT2D eigenvalue weighted by Crippen LogP contribution is -2.21. The minimum atomic E-state index is 0.509. The van der Waals surface area contributed by atoms with Gasteiger partial charge in [0.25, 0.3) is 0 Å². The zero-order valence-electron chi connectivity index (χ0n) is 12.3. The Hall–Kier alpha value is -1.80. The third-order valence-corrected chi connectivity index (χ3v) is 3.33. The maximum absolute atomic E-state index is 5.82. The van der Waals surface area contributed by atoms with Crippen molar-refractivity contribution in [1.82, 2.24) is 4.90 Å². The van der Waals surface area contributed by atoms with Gasteiger partial charge in [-0.2, -0.15) is 0 Å². The number of hydrogen-bond donors (Lipinski definition) is 0. The summed E-state index contributed by atoms with van der Waals surface area (Å²) in [4.78, 5) is 2.24. The first-order valence-corrected chi connectivity index (χ1v) is 7.13. The number of ether oxygens (including phenoxy) is 1. The van der Waals surface area contributed by atoms with E-state index in [4.69, 9.17) is 4.74 Å². The molecule has 2 nitrogen and oxygen atoms in total. The fraction of sp³-hybridized carbons (Fsp3) is 0.333. The Bertz CT molecular complexity index is 481. The van der Waals surface area contributed by atoms with Crippen LogP contribution in [-0.2, 0) is 0 Å². The number of likely N-dealkylation sites (N-methyl/N-ethyl adjacent to an activating group) is 1. The van der Waals surface area contributed by atoms with E-state index < -0.39 is 0 Å². The molecule has 2 rings (SSSR count). The molecule has 2 aromatic carbocycles. The summed E-state index contributed by atoms with van der Waals surface area (Å²) in [5.41, 5.74) is 1.39. The second kappa shape index (κ2) is 7.71.